The Kier molecular flexibility index (Phi) is 5.97. The van der Waals surface area contributed by atoms with E-state index in [0.717, 1.165) is 13.1 Å². The van der Waals surface area contributed by atoms with Crippen LogP contribution in [-0.2, 0) is 0 Å². The number of carbonyl (C=O) groups excluding carboxylic acids is 1. The lowest BCUT2D eigenvalue weighted by atomic mass is 10.3. The number of anilines is 4. The molecular weight excluding hydrogens is 377 g/mol. The topological polar surface area (TPSA) is 94.2 Å². The first-order valence-electron chi connectivity index (χ1n) is 8.10. The largest absolute Gasteiger partial charge is 0.371 e. The van der Waals surface area contributed by atoms with Crippen molar-refractivity contribution in [2.24, 2.45) is 0 Å². The van der Waals surface area contributed by atoms with E-state index in [4.69, 9.17) is 23.2 Å². The quantitative estimate of drug-likeness (QED) is 0.635. The minimum absolute atomic E-state index is 0.170. The van der Waals surface area contributed by atoms with E-state index in [0.29, 0.717) is 46.3 Å². The van der Waals surface area contributed by atoms with Crippen LogP contribution in [0.1, 0.15) is 0 Å². The summed E-state index contributed by atoms with van der Waals surface area (Å²) in [5, 5.41) is 13.0. The van der Waals surface area contributed by atoms with Gasteiger partial charge in [-0.1, -0.05) is 23.2 Å². The SMILES string of the molecule is CNc1nc(Nc2ccc(Cl)c(Cl)c2)ncc1NC(=O)N1CCNCC1. The fraction of sp³-hybridized carbons (Fsp3) is 0.312. The van der Waals surface area contributed by atoms with Crippen molar-refractivity contribution in [2.45, 2.75) is 0 Å². The van der Waals surface area contributed by atoms with Gasteiger partial charge in [-0.3, -0.25) is 0 Å². The van der Waals surface area contributed by atoms with Crippen molar-refractivity contribution in [1.29, 1.82) is 0 Å². The van der Waals surface area contributed by atoms with Crippen molar-refractivity contribution in [3.05, 3.63) is 34.4 Å². The van der Waals surface area contributed by atoms with Crippen LogP contribution >= 0.6 is 23.2 Å². The number of nitrogens with one attached hydrogen (secondary N) is 4. The molecule has 0 bridgehead atoms. The van der Waals surface area contributed by atoms with Crippen LogP contribution in [-0.4, -0.2) is 54.1 Å². The minimum Gasteiger partial charge on any atom is -0.371 e. The Labute approximate surface area is 161 Å². The van der Waals surface area contributed by atoms with E-state index in [1.165, 1.54) is 0 Å². The Balaban J connectivity index is 1.72. The predicted octanol–water partition coefficient (Wildman–Crippen LogP) is 3.01. The van der Waals surface area contributed by atoms with Crippen molar-refractivity contribution in [3.8, 4) is 0 Å². The average molecular weight is 396 g/mol. The molecule has 0 saturated carbocycles. The van der Waals surface area contributed by atoms with Gasteiger partial charge in [0.1, 0.15) is 5.69 Å². The zero-order valence-electron chi connectivity index (χ0n) is 14.1. The third-order valence-corrected chi connectivity index (χ3v) is 4.59. The molecule has 0 unspecified atom stereocenters. The molecule has 1 aliphatic heterocycles. The Morgan fingerprint density at radius 1 is 1.23 bits per heavy atom. The van der Waals surface area contributed by atoms with Gasteiger partial charge >= 0.3 is 6.03 Å². The second kappa shape index (κ2) is 8.39. The lowest BCUT2D eigenvalue weighted by Gasteiger charge is -2.27. The normalized spacial score (nSPS) is 14.0. The maximum Gasteiger partial charge on any atom is 0.322 e. The minimum atomic E-state index is -0.170. The molecule has 0 aliphatic carbocycles. The molecule has 4 N–H and O–H groups in total. The van der Waals surface area contributed by atoms with Gasteiger partial charge in [-0.15, -0.1) is 0 Å². The highest BCUT2D eigenvalue weighted by Gasteiger charge is 2.18. The number of carbonyl (C=O) groups is 1. The molecule has 1 fully saturated rings. The number of amides is 2. The summed E-state index contributed by atoms with van der Waals surface area (Å²) in [7, 11) is 1.73. The van der Waals surface area contributed by atoms with Gasteiger partial charge in [-0.05, 0) is 18.2 Å². The summed E-state index contributed by atoms with van der Waals surface area (Å²) in [6, 6.07) is 4.98. The van der Waals surface area contributed by atoms with E-state index in [9.17, 15) is 4.79 Å². The summed E-state index contributed by atoms with van der Waals surface area (Å²) in [6.45, 7) is 2.90. The highest BCUT2D eigenvalue weighted by Crippen LogP contribution is 2.27. The first kappa shape index (κ1) is 18.5. The van der Waals surface area contributed by atoms with Crippen molar-refractivity contribution in [2.75, 3.05) is 49.2 Å². The number of aromatic nitrogens is 2. The summed E-state index contributed by atoms with van der Waals surface area (Å²) in [4.78, 5) is 22.7. The Morgan fingerprint density at radius 3 is 2.69 bits per heavy atom. The van der Waals surface area contributed by atoms with Crippen molar-refractivity contribution >= 4 is 52.4 Å². The monoisotopic (exact) mass is 395 g/mol. The fourth-order valence-electron chi connectivity index (χ4n) is 2.49. The van der Waals surface area contributed by atoms with Gasteiger partial charge in [-0.2, -0.15) is 4.98 Å². The van der Waals surface area contributed by atoms with Gasteiger partial charge in [0, 0.05) is 38.9 Å². The summed E-state index contributed by atoms with van der Waals surface area (Å²) < 4.78 is 0. The molecule has 1 aromatic carbocycles. The molecule has 2 aromatic rings. The van der Waals surface area contributed by atoms with Gasteiger partial charge in [0.25, 0.3) is 0 Å². The molecule has 2 heterocycles. The first-order chi connectivity index (χ1) is 12.6. The van der Waals surface area contributed by atoms with Gasteiger partial charge in [0.05, 0.1) is 16.2 Å². The number of piperazine rings is 1. The molecule has 26 heavy (non-hydrogen) atoms. The standard InChI is InChI=1S/C16H19Cl2N7O/c1-19-14-13(23-16(26)25-6-4-20-5-7-25)9-21-15(24-14)22-10-2-3-11(17)12(18)8-10/h2-3,8-9,20H,4-7H2,1H3,(H,23,26)(H2,19,21,22,24). The number of halogens is 2. The number of hydrogen-bond donors (Lipinski definition) is 4. The highest BCUT2D eigenvalue weighted by molar-refractivity contribution is 6.42. The van der Waals surface area contributed by atoms with E-state index >= 15 is 0 Å². The van der Waals surface area contributed by atoms with Gasteiger partial charge in [0.2, 0.25) is 5.95 Å². The number of rotatable bonds is 4. The molecule has 138 valence electrons. The lowest BCUT2D eigenvalue weighted by molar-refractivity contribution is 0.204. The second-order valence-corrected chi connectivity index (χ2v) is 6.44. The third kappa shape index (κ3) is 4.46. The van der Waals surface area contributed by atoms with Crippen molar-refractivity contribution in [1.82, 2.24) is 20.2 Å². The number of nitrogens with zero attached hydrogens (tertiary/aromatic N) is 3. The molecule has 10 heteroatoms. The van der Waals surface area contributed by atoms with E-state index in [1.54, 1.807) is 36.3 Å². The van der Waals surface area contributed by atoms with E-state index in [-0.39, 0.29) is 6.03 Å². The first-order valence-corrected chi connectivity index (χ1v) is 8.86. The molecule has 1 aliphatic rings. The van der Waals surface area contributed by atoms with Crippen LogP contribution in [0.4, 0.5) is 27.9 Å². The maximum atomic E-state index is 12.3. The summed E-state index contributed by atoms with van der Waals surface area (Å²) in [5.41, 5.74) is 1.22. The molecule has 1 aromatic heterocycles. The molecule has 3 rings (SSSR count). The second-order valence-electron chi connectivity index (χ2n) is 5.63. The molecule has 0 radical (unpaired) electrons. The van der Waals surface area contributed by atoms with Crippen LogP contribution < -0.4 is 21.3 Å². The lowest BCUT2D eigenvalue weighted by Crippen LogP contribution is -2.48. The maximum absolute atomic E-state index is 12.3. The summed E-state index contributed by atoms with van der Waals surface area (Å²) in [5.74, 6) is 0.874. The van der Waals surface area contributed by atoms with E-state index in [2.05, 4.69) is 31.2 Å². The van der Waals surface area contributed by atoms with Crippen LogP contribution in [0.15, 0.2) is 24.4 Å². The highest BCUT2D eigenvalue weighted by atomic mass is 35.5. The third-order valence-electron chi connectivity index (χ3n) is 3.85. The van der Waals surface area contributed by atoms with Crippen LogP contribution in [0.25, 0.3) is 0 Å². The Hall–Kier alpha value is -2.29. The van der Waals surface area contributed by atoms with E-state index in [1.807, 2.05) is 0 Å². The van der Waals surface area contributed by atoms with Gasteiger partial charge < -0.3 is 26.2 Å². The number of urea groups is 1. The zero-order chi connectivity index (χ0) is 18.5. The van der Waals surface area contributed by atoms with Crippen LogP contribution in [0, 0.1) is 0 Å². The predicted molar refractivity (Wildman–Crippen MR) is 105 cm³/mol. The Morgan fingerprint density at radius 2 is 2.00 bits per heavy atom. The Bertz CT molecular complexity index is 796. The molecule has 2 amide bonds. The summed E-state index contributed by atoms with van der Waals surface area (Å²) >= 11 is 11.9. The number of hydrogen-bond acceptors (Lipinski definition) is 6. The molecule has 1 saturated heterocycles. The zero-order valence-corrected chi connectivity index (χ0v) is 15.7. The fourth-order valence-corrected chi connectivity index (χ4v) is 2.79. The average Bonchev–Trinajstić information content (AvgIpc) is 2.66. The molecular formula is C16H19Cl2N7O. The van der Waals surface area contributed by atoms with Crippen LogP contribution in [0.3, 0.4) is 0 Å². The van der Waals surface area contributed by atoms with Gasteiger partial charge in [0.15, 0.2) is 5.82 Å². The molecule has 0 spiro atoms. The van der Waals surface area contributed by atoms with E-state index < -0.39 is 0 Å². The number of benzene rings is 1. The van der Waals surface area contributed by atoms with Crippen LogP contribution in [0.5, 0.6) is 0 Å². The summed E-state index contributed by atoms with van der Waals surface area (Å²) in [6.07, 6.45) is 1.55. The molecule has 8 nitrogen and oxygen atoms in total. The van der Waals surface area contributed by atoms with Crippen molar-refractivity contribution < 1.29 is 4.79 Å². The smallest absolute Gasteiger partial charge is 0.322 e. The van der Waals surface area contributed by atoms with Crippen molar-refractivity contribution in [3.63, 3.8) is 0 Å². The van der Waals surface area contributed by atoms with Gasteiger partial charge in [-0.25, -0.2) is 9.78 Å². The van der Waals surface area contributed by atoms with Crippen LogP contribution in [0.2, 0.25) is 10.0 Å². The molecule has 0 atom stereocenters.